The van der Waals surface area contributed by atoms with Crippen LogP contribution in [-0.4, -0.2) is 28.7 Å². The Morgan fingerprint density at radius 3 is 2.33 bits per heavy atom. The van der Waals surface area contributed by atoms with Crippen molar-refractivity contribution in [3.05, 3.63) is 60.2 Å². The zero-order chi connectivity index (χ0) is 22.9. The highest BCUT2D eigenvalue weighted by atomic mass is 16.5. The average Bonchev–Trinajstić information content (AvgIpc) is 3.17. The molecular weight excluding hydrogens is 414 g/mol. The van der Waals surface area contributed by atoms with Crippen LogP contribution in [0.25, 0.3) is 22.2 Å². The smallest absolute Gasteiger partial charge is 0.309 e. The van der Waals surface area contributed by atoms with Gasteiger partial charge in [-0.2, -0.15) is 0 Å². The van der Waals surface area contributed by atoms with E-state index in [1.54, 1.807) is 0 Å². The van der Waals surface area contributed by atoms with Crippen LogP contribution in [0, 0.1) is 17.8 Å². The molecule has 2 aromatic carbocycles. The number of hydrogen-bond donors (Lipinski definition) is 0. The SMILES string of the molecule is CCn1c(-c2ccccc2)c(C(=O)COC(=O)C2C[C@@H]3CCC[C@@H](C2)C3=O)c2ccccc21. The van der Waals surface area contributed by atoms with Gasteiger partial charge in [-0.1, -0.05) is 55.0 Å². The second-order valence-electron chi connectivity index (χ2n) is 9.28. The van der Waals surface area contributed by atoms with E-state index in [1.165, 1.54) is 0 Å². The number of hydrogen-bond acceptors (Lipinski definition) is 4. The van der Waals surface area contributed by atoms with Gasteiger partial charge in [0.1, 0.15) is 5.78 Å². The van der Waals surface area contributed by atoms with Crippen LogP contribution in [0.1, 0.15) is 49.4 Å². The second kappa shape index (κ2) is 8.97. The van der Waals surface area contributed by atoms with Gasteiger partial charge in [-0.15, -0.1) is 0 Å². The molecule has 0 radical (unpaired) electrons. The summed E-state index contributed by atoms with van der Waals surface area (Å²) in [5.41, 5.74) is 3.41. The first-order valence-corrected chi connectivity index (χ1v) is 12.0. The largest absolute Gasteiger partial charge is 0.457 e. The van der Waals surface area contributed by atoms with Crippen molar-refractivity contribution in [2.24, 2.45) is 17.8 Å². The number of fused-ring (bicyclic) bond motifs is 3. The third kappa shape index (κ3) is 3.90. The van der Waals surface area contributed by atoms with E-state index >= 15 is 0 Å². The number of ether oxygens (including phenoxy) is 1. The van der Waals surface area contributed by atoms with Gasteiger partial charge in [-0.3, -0.25) is 14.4 Å². The first-order valence-electron chi connectivity index (χ1n) is 12.0. The van der Waals surface area contributed by atoms with Crippen molar-refractivity contribution in [3.63, 3.8) is 0 Å². The number of rotatable bonds is 6. The summed E-state index contributed by atoms with van der Waals surface area (Å²) in [5.74, 6) is -0.528. The number of carbonyl (C=O) groups is 3. The number of carbonyl (C=O) groups excluding carboxylic acids is 3. The molecule has 0 N–H and O–H groups in total. The molecular formula is C28H29NO4. The number of aryl methyl sites for hydroxylation is 1. The lowest BCUT2D eigenvalue weighted by Crippen LogP contribution is -2.39. The normalized spacial score (nSPS) is 22.3. The van der Waals surface area contributed by atoms with Gasteiger partial charge in [-0.25, -0.2) is 0 Å². The summed E-state index contributed by atoms with van der Waals surface area (Å²) in [5, 5.41) is 0.872. The minimum atomic E-state index is -0.340. The quantitative estimate of drug-likeness (QED) is 0.375. The summed E-state index contributed by atoms with van der Waals surface area (Å²) >= 11 is 0. The van der Waals surface area contributed by atoms with Gasteiger partial charge in [0.15, 0.2) is 6.61 Å². The van der Waals surface area contributed by atoms with Crippen molar-refractivity contribution < 1.29 is 19.1 Å². The van der Waals surface area contributed by atoms with Crippen molar-refractivity contribution in [1.82, 2.24) is 4.57 Å². The van der Waals surface area contributed by atoms with Crippen LogP contribution in [-0.2, 0) is 20.9 Å². The van der Waals surface area contributed by atoms with Crippen molar-refractivity contribution in [1.29, 1.82) is 0 Å². The highest BCUT2D eigenvalue weighted by molar-refractivity contribution is 6.14. The zero-order valence-corrected chi connectivity index (χ0v) is 19.0. The molecule has 0 unspecified atom stereocenters. The molecule has 33 heavy (non-hydrogen) atoms. The van der Waals surface area contributed by atoms with Gasteiger partial charge in [-0.05, 0) is 44.2 Å². The Labute approximate surface area is 193 Å². The summed E-state index contributed by atoms with van der Waals surface area (Å²) in [7, 11) is 0. The zero-order valence-electron chi connectivity index (χ0n) is 19.0. The molecule has 2 bridgehead atoms. The minimum absolute atomic E-state index is 0.0158. The van der Waals surface area contributed by atoms with Gasteiger partial charge < -0.3 is 9.30 Å². The third-order valence-electron chi connectivity index (χ3n) is 7.34. The summed E-state index contributed by atoms with van der Waals surface area (Å²) < 4.78 is 7.72. The highest BCUT2D eigenvalue weighted by Gasteiger charge is 2.42. The van der Waals surface area contributed by atoms with Crippen molar-refractivity contribution in [2.75, 3.05) is 6.61 Å². The van der Waals surface area contributed by atoms with Crippen molar-refractivity contribution >= 4 is 28.4 Å². The number of aromatic nitrogens is 1. The summed E-state index contributed by atoms with van der Waals surface area (Å²) in [6, 6.07) is 17.8. The molecule has 0 saturated heterocycles. The minimum Gasteiger partial charge on any atom is -0.457 e. The van der Waals surface area contributed by atoms with Crippen LogP contribution in [0.2, 0.25) is 0 Å². The Morgan fingerprint density at radius 2 is 1.64 bits per heavy atom. The van der Waals surface area contributed by atoms with E-state index in [2.05, 4.69) is 11.5 Å². The first-order chi connectivity index (χ1) is 16.1. The molecule has 2 atom stereocenters. The maximum absolute atomic E-state index is 13.5. The number of ketones is 2. The Kier molecular flexibility index (Phi) is 5.88. The Hall–Kier alpha value is -3.21. The standard InChI is InChI=1S/C28H29NO4/c1-2-29-23-14-7-6-13-22(23)25(26(29)18-9-4-3-5-10-18)24(30)17-33-28(32)21-15-19-11-8-12-20(16-21)27(19)31/h3-7,9-10,13-14,19-21H,2,8,11-12,15-17H2,1H3/t19-,20-/m0/s1. The van der Waals surface area contributed by atoms with Crippen LogP contribution < -0.4 is 0 Å². The number of nitrogens with zero attached hydrogens (tertiary/aromatic N) is 1. The van der Waals surface area contributed by atoms with E-state index in [9.17, 15) is 14.4 Å². The van der Waals surface area contributed by atoms with E-state index in [0.717, 1.165) is 48.0 Å². The third-order valence-corrected chi connectivity index (χ3v) is 7.34. The van der Waals surface area contributed by atoms with Crippen LogP contribution in [0.4, 0.5) is 0 Å². The Bertz CT molecular complexity index is 1190. The van der Waals surface area contributed by atoms with E-state index in [4.69, 9.17) is 4.74 Å². The van der Waals surface area contributed by atoms with Crippen LogP contribution >= 0.6 is 0 Å². The highest BCUT2D eigenvalue weighted by Crippen LogP contribution is 2.40. The molecule has 1 heterocycles. The monoisotopic (exact) mass is 443 g/mol. The molecule has 0 aliphatic heterocycles. The number of benzene rings is 2. The van der Waals surface area contributed by atoms with Gasteiger partial charge in [0.05, 0.1) is 17.2 Å². The van der Waals surface area contributed by atoms with Gasteiger partial charge in [0.25, 0.3) is 0 Å². The van der Waals surface area contributed by atoms with E-state index in [1.807, 2.05) is 54.6 Å². The summed E-state index contributed by atoms with van der Waals surface area (Å²) in [6.07, 6.45) is 3.93. The van der Waals surface area contributed by atoms with Crippen molar-refractivity contribution in [3.8, 4) is 11.3 Å². The van der Waals surface area contributed by atoms with Crippen LogP contribution in [0.5, 0.6) is 0 Å². The molecule has 3 aromatic rings. The molecule has 0 spiro atoms. The van der Waals surface area contributed by atoms with E-state index < -0.39 is 0 Å². The predicted octanol–water partition coefficient (Wildman–Crippen LogP) is 5.45. The summed E-state index contributed by atoms with van der Waals surface area (Å²) in [6.45, 7) is 2.50. The molecule has 5 rings (SSSR count). The lowest BCUT2D eigenvalue weighted by molar-refractivity contribution is -0.152. The first kappa shape index (κ1) is 21.6. The fourth-order valence-electron chi connectivity index (χ4n) is 5.81. The molecule has 170 valence electrons. The topological polar surface area (TPSA) is 65.4 Å². The molecule has 5 heteroatoms. The second-order valence-corrected chi connectivity index (χ2v) is 9.28. The predicted molar refractivity (Wildman–Crippen MR) is 127 cm³/mol. The van der Waals surface area contributed by atoms with E-state index in [-0.39, 0.29) is 36.1 Å². The Balaban J connectivity index is 1.41. The Morgan fingerprint density at radius 1 is 0.970 bits per heavy atom. The fraction of sp³-hybridized carbons (Fsp3) is 0.393. The molecule has 2 aliphatic carbocycles. The van der Waals surface area contributed by atoms with Gasteiger partial charge >= 0.3 is 5.97 Å². The fourth-order valence-corrected chi connectivity index (χ4v) is 5.81. The van der Waals surface area contributed by atoms with Crippen molar-refractivity contribution in [2.45, 2.75) is 45.6 Å². The summed E-state index contributed by atoms with van der Waals surface area (Å²) in [4.78, 5) is 38.7. The van der Waals surface area contributed by atoms with Gasteiger partial charge in [0, 0.05) is 29.3 Å². The number of esters is 1. The maximum atomic E-state index is 13.5. The van der Waals surface area contributed by atoms with Gasteiger partial charge in [0.2, 0.25) is 5.78 Å². The number of para-hydroxylation sites is 1. The maximum Gasteiger partial charge on any atom is 0.309 e. The average molecular weight is 444 g/mol. The number of Topliss-reactive ketones (excluding diaryl/α,β-unsaturated/α-hetero) is 2. The molecule has 1 aromatic heterocycles. The van der Waals surface area contributed by atoms with Crippen LogP contribution in [0.15, 0.2) is 54.6 Å². The molecule has 2 saturated carbocycles. The van der Waals surface area contributed by atoms with E-state index in [0.29, 0.717) is 24.2 Å². The molecule has 2 fully saturated rings. The molecule has 5 nitrogen and oxygen atoms in total. The lowest BCUT2D eigenvalue weighted by Gasteiger charge is -2.36. The molecule has 0 amide bonds. The lowest BCUT2D eigenvalue weighted by atomic mass is 9.67. The van der Waals surface area contributed by atoms with Crippen LogP contribution in [0.3, 0.4) is 0 Å². The molecule has 2 aliphatic rings.